The summed E-state index contributed by atoms with van der Waals surface area (Å²) in [5, 5.41) is 6.14. The van der Waals surface area contributed by atoms with Crippen LogP contribution in [-0.4, -0.2) is 31.6 Å². The van der Waals surface area contributed by atoms with Gasteiger partial charge < -0.3 is 10.2 Å². The van der Waals surface area contributed by atoms with E-state index in [0.29, 0.717) is 5.41 Å². The van der Waals surface area contributed by atoms with Crippen LogP contribution in [-0.2, 0) is 6.54 Å². The zero-order valence-electron chi connectivity index (χ0n) is 12.9. The van der Waals surface area contributed by atoms with Crippen LogP contribution in [0.15, 0.2) is 42.5 Å². The number of fused-ring (bicyclic) bond motifs is 1. The third kappa shape index (κ3) is 3.97. The summed E-state index contributed by atoms with van der Waals surface area (Å²) in [6.45, 7) is 6.90. The second-order valence-corrected chi connectivity index (χ2v) is 6.59. The molecule has 21 heavy (non-hydrogen) atoms. The molecular weight excluding hydrogens is 280 g/mol. The van der Waals surface area contributed by atoms with Crippen molar-refractivity contribution >= 4 is 23.2 Å². The molecule has 0 radical (unpaired) electrons. The van der Waals surface area contributed by atoms with Crippen molar-refractivity contribution in [2.24, 2.45) is 5.41 Å². The summed E-state index contributed by atoms with van der Waals surface area (Å²) in [4.78, 5) is 2.46. The molecule has 0 amide bonds. The van der Waals surface area contributed by atoms with Crippen molar-refractivity contribution in [2.45, 2.75) is 19.9 Å². The number of nitrogens with zero attached hydrogens (tertiary/aromatic N) is 1. The lowest BCUT2D eigenvalue weighted by atomic mass is 9.89. The predicted octanol–water partition coefficient (Wildman–Crippen LogP) is 3.69. The minimum Gasteiger partial charge on any atom is -0.316 e. The van der Waals surface area contributed by atoms with Crippen LogP contribution in [0.4, 0.5) is 0 Å². The van der Waals surface area contributed by atoms with Crippen LogP contribution in [0, 0.1) is 5.41 Å². The Hall–Kier alpha value is -1.09. The third-order valence-corrected chi connectivity index (χ3v) is 4.38. The van der Waals surface area contributed by atoms with Crippen LogP contribution in [0.25, 0.3) is 10.8 Å². The summed E-state index contributed by atoms with van der Waals surface area (Å²) in [6.07, 6.45) is 1.29. The van der Waals surface area contributed by atoms with E-state index in [1.807, 2.05) is 0 Å². The quantitative estimate of drug-likeness (QED) is 0.926. The molecule has 0 bridgehead atoms. The van der Waals surface area contributed by atoms with Crippen LogP contribution in [0.2, 0.25) is 0 Å². The Morgan fingerprint density at radius 2 is 1.90 bits per heavy atom. The topological polar surface area (TPSA) is 15.3 Å². The van der Waals surface area contributed by atoms with Gasteiger partial charge in [-0.1, -0.05) is 43.3 Å². The van der Waals surface area contributed by atoms with Crippen LogP contribution >= 0.6 is 12.4 Å². The summed E-state index contributed by atoms with van der Waals surface area (Å²) >= 11 is 0. The SMILES string of the molecule is CN(Cc1ccc2ccccc2c1)CC1(C)CCNC1.Cl. The normalized spacial score (nSPS) is 21.7. The number of hydrogen-bond donors (Lipinski definition) is 1. The lowest BCUT2D eigenvalue weighted by Gasteiger charge is -2.29. The fourth-order valence-electron chi connectivity index (χ4n) is 3.36. The number of benzene rings is 2. The second-order valence-electron chi connectivity index (χ2n) is 6.59. The third-order valence-electron chi connectivity index (χ3n) is 4.38. The van der Waals surface area contributed by atoms with Crippen LogP contribution in [0.1, 0.15) is 18.9 Å². The van der Waals surface area contributed by atoms with Gasteiger partial charge in [0, 0.05) is 19.6 Å². The van der Waals surface area contributed by atoms with Gasteiger partial charge in [0.15, 0.2) is 0 Å². The first kappa shape index (κ1) is 16.3. The van der Waals surface area contributed by atoms with Gasteiger partial charge in [0.1, 0.15) is 0 Å². The minimum atomic E-state index is 0. The van der Waals surface area contributed by atoms with E-state index >= 15 is 0 Å². The van der Waals surface area contributed by atoms with Crippen molar-refractivity contribution in [1.82, 2.24) is 10.2 Å². The molecule has 1 unspecified atom stereocenters. The maximum Gasteiger partial charge on any atom is 0.0231 e. The number of halogens is 1. The number of nitrogens with one attached hydrogen (secondary N) is 1. The molecule has 1 atom stereocenters. The Bertz CT molecular complexity index is 591. The highest BCUT2D eigenvalue weighted by molar-refractivity contribution is 5.85. The standard InChI is InChI=1S/C18H24N2.ClH/c1-18(9-10-19-13-18)14-20(2)12-15-7-8-16-5-3-4-6-17(16)11-15;/h3-8,11,19H,9-10,12-14H2,1-2H3;1H. The molecule has 0 spiro atoms. The van der Waals surface area contributed by atoms with E-state index in [0.717, 1.165) is 19.6 Å². The molecule has 3 heteroatoms. The molecule has 2 aromatic carbocycles. The van der Waals surface area contributed by atoms with Gasteiger partial charge in [-0.2, -0.15) is 0 Å². The number of hydrogen-bond acceptors (Lipinski definition) is 2. The van der Waals surface area contributed by atoms with E-state index in [1.54, 1.807) is 0 Å². The van der Waals surface area contributed by atoms with Crippen LogP contribution in [0.3, 0.4) is 0 Å². The molecule has 0 saturated carbocycles. The average Bonchev–Trinajstić information content (AvgIpc) is 2.84. The van der Waals surface area contributed by atoms with E-state index in [1.165, 1.54) is 29.3 Å². The van der Waals surface area contributed by atoms with Gasteiger partial charge in [0.05, 0.1) is 0 Å². The van der Waals surface area contributed by atoms with Crippen molar-refractivity contribution < 1.29 is 0 Å². The van der Waals surface area contributed by atoms with Gasteiger partial charge >= 0.3 is 0 Å². The Kier molecular flexibility index (Phi) is 5.26. The van der Waals surface area contributed by atoms with E-state index in [9.17, 15) is 0 Å². The molecule has 1 saturated heterocycles. The Labute approximate surface area is 133 Å². The summed E-state index contributed by atoms with van der Waals surface area (Å²) in [5.74, 6) is 0. The van der Waals surface area contributed by atoms with Gasteiger partial charge in [0.2, 0.25) is 0 Å². The molecule has 1 aliphatic rings. The van der Waals surface area contributed by atoms with Crippen molar-refractivity contribution in [1.29, 1.82) is 0 Å². The zero-order chi connectivity index (χ0) is 14.0. The van der Waals surface area contributed by atoms with Gasteiger partial charge in [0.25, 0.3) is 0 Å². The van der Waals surface area contributed by atoms with Crippen LogP contribution < -0.4 is 5.32 Å². The highest BCUT2D eigenvalue weighted by atomic mass is 35.5. The first-order chi connectivity index (χ1) is 9.65. The molecule has 2 nitrogen and oxygen atoms in total. The van der Waals surface area contributed by atoms with E-state index < -0.39 is 0 Å². The first-order valence-electron chi connectivity index (χ1n) is 7.52. The van der Waals surface area contributed by atoms with E-state index in [4.69, 9.17) is 0 Å². The Morgan fingerprint density at radius 3 is 2.62 bits per heavy atom. The molecule has 114 valence electrons. The van der Waals surface area contributed by atoms with Gasteiger partial charge in [-0.3, -0.25) is 0 Å². The molecular formula is C18H25ClN2. The van der Waals surface area contributed by atoms with Crippen LogP contribution in [0.5, 0.6) is 0 Å². The van der Waals surface area contributed by atoms with E-state index in [2.05, 4.69) is 66.7 Å². The largest absolute Gasteiger partial charge is 0.316 e. The predicted molar refractivity (Wildman–Crippen MR) is 93.1 cm³/mol. The fraction of sp³-hybridized carbons (Fsp3) is 0.444. The van der Waals surface area contributed by atoms with Crippen molar-refractivity contribution in [3.05, 3.63) is 48.0 Å². The molecule has 1 fully saturated rings. The minimum absolute atomic E-state index is 0. The fourth-order valence-corrected chi connectivity index (χ4v) is 3.36. The highest BCUT2D eigenvalue weighted by Crippen LogP contribution is 2.26. The molecule has 0 aromatic heterocycles. The zero-order valence-corrected chi connectivity index (χ0v) is 13.7. The summed E-state index contributed by atoms with van der Waals surface area (Å²) in [6, 6.07) is 15.4. The van der Waals surface area contributed by atoms with Crippen molar-refractivity contribution in [3.63, 3.8) is 0 Å². The lowest BCUT2D eigenvalue weighted by molar-refractivity contribution is 0.203. The number of rotatable bonds is 4. The molecule has 1 aliphatic heterocycles. The highest BCUT2D eigenvalue weighted by Gasteiger charge is 2.29. The smallest absolute Gasteiger partial charge is 0.0231 e. The maximum atomic E-state index is 3.48. The first-order valence-corrected chi connectivity index (χ1v) is 7.52. The van der Waals surface area contributed by atoms with Gasteiger partial charge in [-0.15, -0.1) is 12.4 Å². The molecule has 1 heterocycles. The molecule has 0 aliphatic carbocycles. The Balaban J connectivity index is 0.00000161. The van der Waals surface area contributed by atoms with Crippen molar-refractivity contribution in [3.8, 4) is 0 Å². The molecule has 2 aromatic rings. The summed E-state index contributed by atoms with van der Waals surface area (Å²) in [7, 11) is 2.23. The van der Waals surface area contributed by atoms with Gasteiger partial charge in [-0.25, -0.2) is 0 Å². The molecule has 1 N–H and O–H groups in total. The monoisotopic (exact) mass is 304 g/mol. The summed E-state index contributed by atoms with van der Waals surface area (Å²) in [5.41, 5.74) is 1.84. The lowest BCUT2D eigenvalue weighted by Crippen LogP contribution is -2.34. The molecule has 3 rings (SSSR count). The average molecular weight is 305 g/mol. The maximum absolute atomic E-state index is 3.48. The second kappa shape index (κ2) is 6.78. The van der Waals surface area contributed by atoms with E-state index in [-0.39, 0.29) is 12.4 Å². The van der Waals surface area contributed by atoms with Crippen molar-refractivity contribution in [2.75, 3.05) is 26.7 Å². The van der Waals surface area contributed by atoms with Gasteiger partial charge in [-0.05, 0) is 47.8 Å². The summed E-state index contributed by atoms with van der Waals surface area (Å²) < 4.78 is 0. The Morgan fingerprint density at radius 1 is 1.14 bits per heavy atom.